The number of nitrogens with zero attached hydrogens (tertiary/aromatic N) is 3. The maximum atomic E-state index is 12.0. The predicted molar refractivity (Wildman–Crippen MR) is 99.6 cm³/mol. The zero-order chi connectivity index (χ0) is 19.4. The standard InChI is InChI=1S/C19H26N4O3/c1-3-17(24)8-9-19(26)21-13-18(25)11-16-6-4-15(5-7-16)10-14(2)12-22-23-20/h4-7,14H,3,8-13H2,1-2H3,(H,21,26). The molecule has 1 atom stereocenters. The number of azide groups is 1. The highest BCUT2D eigenvalue weighted by molar-refractivity contribution is 5.89. The molecule has 0 saturated heterocycles. The lowest BCUT2D eigenvalue weighted by molar-refractivity contribution is -0.126. The van der Waals surface area contributed by atoms with Gasteiger partial charge in [0.2, 0.25) is 5.91 Å². The Morgan fingerprint density at radius 3 is 2.38 bits per heavy atom. The second-order valence-electron chi connectivity index (χ2n) is 6.42. The summed E-state index contributed by atoms with van der Waals surface area (Å²) in [4.78, 5) is 37.5. The van der Waals surface area contributed by atoms with Crippen LogP contribution in [0.2, 0.25) is 0 Å². The van der Waals surface area contributed by atoms with Crippen LogP contribution in [0.25, 0.3) is 10.4 Å². The lowest BCUT2D eigenvalue weighted by atomic mass is 9.99. The lowest BCUT2D eigenvalue weighted by Crippen LogP contribution is -2.30. The molecule has 1 aromatic carbocycles. The molecule has 7 nitrogen and oxygen atoms in total. The molecule has 0 aliphatic carbocycles. The third-order valence-electron chi connectivity index (χ3n) is 3.97. The van der Waals surface area contributed by atoms with Crippen molar-refractivity contribution >= 4 is 17.5 Å². The Hall–Kier alpha value is -2.66. The second-order valence-corrected chi connectivity index (χ2v) is 6.42. The van der Waals surface area contributed by atoms with Crippen LogP contribution in [0.3, 0.4) is 0 Å². The molecule has 1 N–H and O–H groups in total. The monoisotopic (exact) mass is 358 g/mol. The van der Waals surface area contributed by atoms with Crippen LogP contribution in [0, 0.1) is 5.92 Å². The van der Waals surface area contributed by atoms with Gasteiger partial charge in [0.1, 0.15) is 5.78 Å². The van der Waals surface area contributed by atoms with Crippen LogP contribution < -0.4 is 5.32 Å². The zero-order valence-electron chi connectivity index (χ0n) is 15.4. The van der Waals surface area contributed by atoms with E-state index in [0.29, 0.717) is 13.0 Å². The largest absolute Gasteiger partial charge is 0.349 e. The van der Waals surface area contributed by atoms with Crippen molar-refractivity contribution in [1.82, 2.24) is 5.32 Å². The number of nitrogens with one attached hydrogen (secondary N) is 1. The Kier molecular flexibility index (Phi) is 9.72. The normalized spacial score (nSPS) is 11.3. The van der Waals surface area contributed by atoms with Crippen molar-refractivity contribution in [2.24, 2.45) is 11.0 Å². The molecule has 0 fully saturated rings. The van der Waals surface area contributed by atoms with Gasteiger partial charge in [0, 0.05) is 37.1 Å². The van der Waals surface area contributed by atoms with Crippen molar-refractivity contribution in [3.8, 4) is 0 Å². The van der Waals surface area contributed by atoms with Crippen LogP contribution in [-0.4, -0.2) is 30.6 Å². The summed E-state index contributed by atoms with van der Waals surface area (Å²) in [5.41, 5.74) is 10.3. The van der Waals surface area contributed by atoms with Crippen LogP contribution in [0.4, 0.5) is 0 Å². The van der Waals surface area contributed by atoms with E-state index in [9.17, 15) is 14.4 Å². The number of hydrogen-bond acceptors (Lipinski definition) is 4. The highest BCUT2D eigenvalue weighted by Gasteiger charge is 2.09. The second kappa shape index (κ2) is 11.8. The lowest BCUT2D eigenvalue weighted by Gasteiger charge is -2.09. The van der Waals surface area contributed by atoms with Crippen molar-refractivity contribution in [1.29, 1.82) is 0 Å². The van der Waals surface area contributed by atoms with Crippen molar-refractivity contribution in [2.75, 3.05) is 13.1 Å². The van der Waals surface area contributed by atoms with Gasteiger partial charge < -0.3 is 5.32 Å². The molecule has 0 bridgehead atoms. The molecule has 1 unspecified atom stereocenters. The van der Waals surface area contributed by atoms with Gasteiger partial charge in [-0.3, -0.25) is 14.4 Å². The maximum Gasteiger partial charge on any atom is 0.220 e. The molecule has 0 spiro atoms. The highest BCUT2D eigenvalue weighted by atomic mass is 16.2. The highest BCUT2D eigenvalue weighted by Crippen LogP contribution is 2.11. The van der Waals surface area contributed by atoms with E-state index < -0.39 is 0 Å². The van der Waals surface area contributed by atoms with E-state index in [-0.39, 0.29) is 49.2 Å². The Balaban J connectivity index is 2.37. The molecule has 0 aromatic heterocycles. The van der Waals surface area contributed by atoms with Crippen molar-refractivity contribution in [2.45, 2.75) is 46.0 Å². The Morgan fingerprint density at radius 1 is 1.12 bits per heavy atom. The molecule has 0 aliphatic rings. The van der Waals surface area contributed by atoms with Gasteiger partial charge >= 0.3 is 0 Å². The van der Waals surface area contributed by atoms with Crippen LogP contribution in [0.1, 0.15) is 44.2 Å². The van der Waals surface area contributed by atoms with Gasteiger partial charge in [-0.25, -0.2) is 0 Å². The van der Waals surface area contributed by atoms with Gasteiger partial charge in [-0.15, -0.1) is 0 Å². The summed E-state index contributed by atoms with van der Waals surface area (Å²) in [6.07, 6.45) is 1.83. The summed E-state index contributed by atoms with van der Waals surface area (Å²) < 4.78 is 0. The van der Waals surface area contributed by atoms with E-state index in [0.717, 1.165) is 17.5 Å². The Morgan fingerprint density at radius 2 is 1.77 bits per heavy atom. The van der Waals surface area contributed by atoms with E-state index >= 15 is 0 Å². The fourth-order valence-electron chi connectivity index (χ4n) is 2.44. The molecule has 0 aliphatic heterocycles. The average Bonchev–Trinajstić information content (AvgIpc) is 2.64. The van der Waals surface area contributed by atoms with E-state index in [1.165, 1.54) is 0 Å². The van der Waals surface area contributed by atoms with Crippen LogP contribution >= 0.6 is 0 Å². The molecule has 0 saturated carbocycles. The number of rotatable bonds is 12. The third-order valence-corrected chi connectivity index (χ3v) is 3.97. The molecule has 0 heterocycles. The molecular weight excluding hydrogens is 332 g/mol. The quantitative estimate of drug-likeness (QED) is 0.352. The Labute approximate surface area is 153 Å². The van der Waals surface area contributed by atoms with E-state index in [2.05, 4.69) is 15.3 Å². The third kappa shape index (κ3) is 8.99. The fourth-order valence-corrected chi connectivity index (χ4v) is 2.44. The van der Waals surface area contributed by atoms with Crippen molar-refractivity contribution in [3.05, 3.63) is 45.8 Å². The van der Waals surface area contributed by atoms with Gasteiger partial charge in [0.15, 0.2) is 5.78 Å². The number of hydrogen-bond donors (Lipinski definition) is 1. The molecule has 140 valence electrons. The summed E-state index contributed by atoms with van der Waals surface area (Å²) in [6, 6.07) is 7.72. The number of carbonyl (C=O) groups excluding carboxylic acids is 3. The first kappa shape index (κ1) is 21.4. The van der Waals surface area contributed by atoms with Gasteiger partial charge in [-0.1, -0.05) is 43.2 Å². The molecule has 1 rings (SSSR count). The molecule has 1 aromatic rings. The van der Waals surface area contributed by atoms with E-state index in [4.69, 9.17) is 5.53 Å². The van der Waals surface area contributed by atoms with Crippen molar-refractivity contribution in [3.63, 3.8) is 0 Å². The molecule has 26 heavy (non-hydrogen) atoms. The summed E-state index contributed by atoms with van der Waals surface area (Å²) in [6.45, 7) is 4.21. The molecule has 0 radical (unpaired) electrons. The van der Waals surface area contributed by atoms with E-state index in [1.807, 2.05) is 31.2 Å². The fraction of sp³-hybridized carbons (Fsp3) is 0.526. The number of amides is 1. The number of benzene rings is 1. The first-order valence-electron chi connectivity index (χ1n) is 8.83. The van der Waals surface area contributed by atoms with Crippen LogP contribution in [0.15, 0.2) is 29.4 Å². The van der Waals surface area contributed by atoms with Gasteiger partial charge in [-0.05, 0) is 29.0 Å². The predicted octanol–water partition coefficient (Wildman–Crippen LogP) is 3.16. The summed E-state index contributed by atoms with van der Waals surface area (Å²) in [5, 5.41) is 6.13. The van der Waals surface area contributed by atoms with E-state index in [1.54, 1.807) is 6.92 Å². The minimum absolute atomic E-state index is 0.0237. The number of ketones is 2. The topological polar surface area (TPSA) is 112 Å². The number of Topliss-reactive ketones (excluding diaryl/α,β-unsaturated/α-hetero) is 2. The first-order valence-corrected chi connectivity index (χ1v) is 8.83. The zero-order valence-corrected chi connectivity index (χ0v) is 15.4. The SMILES string of the molecule is CCC(=O)CCC(=O)NCC(=O)Cc1ccc(CC(C)CN=[N+]=[N-])cc1. The smallest absolute Gasteiger partial charge is 0.220 e. The van der Waals surface area contributed by atoms with Crippen LogP contribution in [0.5, 0.6) is 0 Å². The number of carbonyl (C=O) groups is 3. The van der Waals surface area contributed by atoms with Gasteiger partial charge in [0.05, 0.1) is 6.54 Å². The van der Waals surface area contributed by atoms with Crippen LogP contribution in [-0.2, 0) is 27.2 Å². The molecular formula is C19H26N4O3. The minimum atomic E-state index is -0.274. The summed E-state index contributed by atoms with van der Waals surface area (Å²) >= 11 is 0. The molecule has 7 heteroatoms. The van der Waals surface area contributed by atoms with Crippen molar-refractivity contribution < 1.29 is 14.4 Å². The average molecular weight is 358 g/mol. The summed E-state index contributed by atoms with van der Waals surface area (Å²) in [7, 11) is 0. The molecule has 1 amide bonds. The van der Waals surface area contributed by atoms with Gasteiger partial charge in [0.25, 0.3) is 0 Å². The minimum Gasteiger partial charge on any atom is -0.349 e. The summed E-state index contributed by atoms with van der Waals surface area (Å²) in [5.74, 6) is -0.0531. The Bertz CT molecular complexity index is 664. The van der Waals surface area contributed by atoms with Gasteiger partial charge in [-0.2, -0.15) is 0 Å². The first-order chi connectivity index (χ1) is 12.4. The maximum absolute atomic E-state index is 12.0.